The van der Waals surface area contributed by atoms with E-state index in [9.17, 15) is 4.39 Å². The van der Waals surface area contributed by atoms with Gasteiger partial charge in [0.25, 0.3) is 0 Å². The highest BCUT2D eigenvalue weighted by molar-refractivity contribution is 5.75. The largest absolute Gasteiger partial charge is 0.381 e. The number of fused-ring (bicyclic) bond motifs is 1. The van der Waals surface area contributed by atoms with Crippen molar-refractivity contribution in [2.45, 2.75) is 25.2 Å². The zero-order chi connectivity index (χ0) is 14.9. The maximum Gasteiger partial charge on any atom is 0.125 e. The number of piperidine rings is 1. The van der Waals surface area contributed by atoms with E-state index in [1.807, 2.05) is 0 Å². The summed E-state index contributed by atoms with van der Waals surface area (Å²) in [6, 6.07) is 4.75. The molecule has 1 aromatic heterocycles. The van der Waals surface area contributed by atoms with Crippen LogP contribution in [0.5, 0.6) is 0 Å². The molecule has 2 saturated heterocycles. The first-order valence-electron chi connectivity index (χ1n) is 8.23. The average Bonchev–Trinajstić information content (AvgIpc) is 3.17. The summed E-state index contributed by atoms with van der Waals surface area (Å²) < 4.78 is 18.7. The fourth-order valence-corrected chi connectivity index (χ4v) is 3.68. The van der Waals surface area contributed by atoms with Gasteiger partial charge in [-0.25, -0.2) is 9.37 Å². The van der Waals surface area contributed by atoms with Crippen molar-refractivity contribution < 1.29 is 9.13 Å². The minimum atomic E-state index is -0.212. The highest BCUT2D eigenvalue weighted by atomic mass is 19.1. The molecule has 1 aromatic carbocycles. The van der Waals surface area contributed by atoms with Crippen LogP contribution in [0.4, 0.5) is 4.39 Å². The normalized spacial score (nSPS) is 24.3. The lowest BCUT2D eigenvalue weighted by Gasteiger charge is -2.32. The van der Waals surface area contributed by atoms with Gasteiger partial charge in [0.15, 0.2) is 0 Å². The molecule has 0 saturated carbocycles. The second kappa shape index (κ2) is 5.97. The lowest BCUT2D eigenvalue weighted by Crippen LogP contribution is -2.36. The van der Waals surface area contributed by atoms with Crippen LogP contribution in [0.3, 0.4) is 0 Å². The first-order chi connectivity index (χ1) is 10.8. The highest BCUT2D eigenvalue weighted by Crippen LogP contribution is 2.28. The van der Waals surface area contributed by atoms with E-state index >= 15 is 0 Å². The molecule has 0 spiro atoms. The van der Waals surface area contributed by atoms with Crippen molar-refractivity contribution >= 4 is 11.0 Å². The van der Waals surface area contributed by atoms with Crippen LogP contribution in [0.25, 0.3) is 11.0 Å². The number of nitrogens with zero attached hydrogens (tertiary/aromatic N) is 2. The molecule has 5 heteroatoms. The van der Waals surface area contributed by atoms with E-state index in [0.29, 0.717) is 11.8 Å². The van der Waals surface area contributed by atoms with Crippen molar-refractivity contribution in [2.24, 2.45) is 5.92 Å². The summed E-state index contributed by atoms with van der Waals surface area (Å²) in [5.74, 6) is 1.98. The van der Waals surface area contributed by atoms with Crippen molar-refractivity contribution in [1.29, 1.82) is 0 Å². The Morgan fingerprint density at radius 3 is 2.91 bits per heavy atom. The van der Waals surface area contributed by atoms with Gasteiger partial charge < -0.3 is 14.6 Å². The average molecular weight is 303 g/mol. The summed E-state index contributed by atoms with van der Waals surface area (Å²) >= 11 is 0. The number of nitrogens with one attached hydrogen (secondary N) is 1. The van der Waals surface area contributed by atoms with E-state index in [-0.39, 0.29) is 5.82 Å². The fraction of sp³-hybridized carbons (Fsp3) is 0.588. The third-order valence-electron chi connectivity index (χ3n) is 4.98. The Kier molecular flexibility index (Phi) is 3.84. The first kappa shape index (κ1) is 14.2. The summed E-state index contributed by atoms with van der Waals surface area (Å²) in [6.07, 6.45) is 3.45. The predicted molar refractivity (Wildman–Crippen MR) is 83.4 cm³/mol. The number of halogens is 1. The quantitative estimate of drug-likeness (QED) is 0.948. The zero-order valence-electron chi connectivity index (χ0n) is 12.7. The van der Waals surface area contributed by atoms with Gasteiger partial charge in [0, 0.05) is 19.1 Å². The number of H-pyrrole nitrogens is 1. The van der Waals surface area contributed by atoms with Crippen LogP contribution in [-0.2, 0) is 4.74 Å². The molecule has 0 aliphatic carbocycles. The molecule has 2 aliphatic rings. The van der Waals surface area contributed by atoms with Crippen LogP contribution in [0.15, 0.2) is 18.2 Å². The maximum absolute atomic E-state index is 13.3. The number of hydrogen-bond acceptors (Lipinski definition) is 3. The monoisotopic (exact) mass is 303 g/mol. The second-order valence-corrected chi connectivity index (χ2v) is 6.59. The Morgan fingerprint density at radius 1 is 1.27 bits per heavy atom. The predicted octanol–water partition coefficient (Wildman–Crippen LogP) is 2.92. The molecule has 2 aromatic rings. The number of aromatic nitrogens is 2. The molecule has 2 fully saturated rings. The van der Waals surface area contributed by atoms with Crippen molar-refractivity contribution in [3.05, 3.63) is 29.8 Å². The third kappa shape index (κ3) is 2.88. The number of benzene rings is 1. The number of ether oxygens (including phenoxy) is 1. The van der Waals surface area contributed by atoms with Gasteiger partial charge in [0.05, 0.1) is 17.6 Å². The molecule has 0 unspecified atom stereocenters. The Bertz CT molecular complexity index is 642. The van der Waals surface area contributed by atoms with E-state index < -0.39 is 0 Å². The summed E-state index contributed by atoms with van der Waals surface area (Å²) in [5.41, 5.74) is 1.67. The molecule has 22 heavy (non-hydrogen) atoms. The van der Waals surface area contributed by atoms with Crippen LogP contribution in [0, 0.1) is 11.7 Å². The van der Waals surface area contributed by atoms with Gasteiger partial charge in [-0.15, -0.1) is 0 Å². The van der Waals surface area contributed by atoms with Crippen molar-refractivity contribution in [3.8, 4) is 0 Å². The Morgan fingerprint density at radius 2 is 2.14 bits per heavy atom. The molecule has 3 heterocycles. The van der Waals surface area contributed by atoms with Gasteiger partial charge in [-0.2, -0.15) is 0 Å². The fourth-order valence-electron chi connectivity index (χ4n) is 3.68. The van der Waals surface area contributed by atoms with E-state index in [1.165, 1.54) is 18.6 Å². The van der Waals surface area contributed by atoms with E-state index in [1.54, 1.807) is 6.07 Å². The van der Waals surface area contributed by atoms with E-state index in [4.69, 9.17) is 4.74 Å². The SMILES string of the molecule is Fc1ccc2nc(C3CCN(C[C@@H]4CCOC4)CC3)[nH]c2c1. The molecule has 0 bridgehead atoms. The second-order valence-electron chi connectivity index (χ2n) is 6.59. The molecule has 0 amide bonds. The summed E-state index contributed by atoms with van der Waals surface area (Å²) in [6.45, 7) is 5.25. The Hall–Kier alpha value is -1.46. The minimum Gasteiger partial charge on any atom is -0.381 e. The standard InChI is InChI=1S/C17H22FN3O/c18-14-1-2-15-16(9-14)20-17(19-15)13-3-6-21(7-4-13)10-12-5-8-22-11-12/h1-2,9,12-13H,3-8,10-11H2,(H,19,20)/t12-/m0/s1. The van der Waals surface area contributed by atoms with Gasteiger partial charge in [-0.1, -0.05) is 0 Å². The number of aromatic amines is 1. The Balaban J connectivity index is 1.39. The molecule has 1 atom stereocenters. The van der Waals surface area contributed by atoms with Gasteiger partial charge >= 0.3 is 0 Å². The zero-order valence-corrected chi connectivity index (χ0v) is 12.7. The molecule has 1 N–H and O–H groups in total. The van der Waals surface area contributed by atoms with Crippen LogP contribution in [-0.4, -0.2) is 47.7 Å². The Labute approximate surface area is 129 Å². The number of rotatable bonds is 3. The van der Waals surface area contributed by atoms with Gasteiger partial charge in [-0.05, 0) is 56.5 Å². The summed E-state index contributed by atoms with van der Waals surface area (Å²) in [4.78, 5) is 10.5. The molecule has 4 rings (SSSR count). The number of hydrogen-bond donors (Lipinski definition) is 1. The van der Waals surface area contributed by atoms with Crippen molar-refractivity contribution in [1.82, 2.24) is 14.9 Å². The van der Waals surface area contributed by atoms with E-state index in [0.717, 1.165) is 62.5 Å². The topological polar surface area (TPSA) is 41.2 Å². The minimum absolute atomic E-state index is 0.212. The highest BCUT2D eigenvalue weighted by Gasteiger charge is 2.26. The summed E-state index contributed by atoms with van der Waals surface area (Å²) in [5, 5.41) is 0. The van der Waals surface area contributed by atoms with Crippen LogP contribution < -0.4 is 0 Å². The van der Waals surface area contributed by atoms with Crippen LogP contribution >= 0.6 is 0 Å². The molecular formula is C17H22FN3O. The molecule has 0 radical (unpaired) electrons. The smallest absolute Gasteiger partial charge is 0.125 e. The van der Waals surface area contributed by atoms with Gasteiger partial charge in [0.1, 0.15) is 11.6 Å². The van der Waals surface area contributed by atoms with Crippen molar-refractivity contribution in [2.75, 3.05) is 32.8 Å². The number of likely N-dealkylation sites (tertiary alicyclic amines) is 1. The molecule has 4 nitrogen and oxygen atoms in total. The lowest BCUT2D eigenvalue weighted by atomic mass is 9.95. The number of imidazole rings is 1. The first-order valence-corrected chi connectivity index (χ1v) is 8.23. The molecule has 2 aliphatic heterocycles. The third-order valence-corrected chi connectivity index (χ3v) is 4.98. The lowest BCUT2D eigenvalue weighted by molar-refractivity contribution is 0.151. The van der Waals surface area contributed by atoms with Gasteiger partial charge in [-0.3, -0.25) is 0 Å². The van der Waals surface area contributed by atoms with Gasteiger partial charge in [0.2, 0.25) is 0 Å². The molecule has 118 valence electrons. The van der Waals surface area contributed by atoms with Crippen molar-refractivity contribution in [3.63, 3.8) is 0 Å². The van der Waals surface area contributed by atoms with Crippen LogP contribution in [0.1, 0.15) is 31.0 Å². The maximum atomic E-state index is 13.3. The van der Waals surface area contributed by atoms with Crippen LogP contribution in [0.2, 0.25) is 0 Å². The molecular weight excluding hydrogens is 281 g/mol. The van der Waals surface area contributed by atoms with E-state index in [2.05, 4.69) is 14.9 Å². The summed E-state index contributed by atoms with van der Waals surface area (Å²) in [7, 11) is 0.